The number of aliphatic hydroxyl groups excluding tert-OH is 1. The monoisotopic (exact) mass is 204 g/mol. The molecule has 0 heterocycles. The standard InChI is InChI=1S/C9H14FO2P/c10-8-3-1-7(2-4-8)9(11)5-6-12-13/h1,3,9,11H,2,4-6,13H2. The van der Waals surface area contributed by atoms with Crippen molar-refractivity contribution in [3.05, 3.63) is 23.6 Å². The van der Waals surface area contributed by atoms with Crippen LogP contribution < -0.4 is 0 Å². The molecular formula is C9H14FO2P. The van der Waals surface area contributed by atoms with Crippen molar-refractivity contribution in [3.63, 3.8) is 0 Å². The Morgan fingerprint density at radius 1 is 1.54 bits per heavy atom. The van der Waals surface area contributed by atoms with E-state index in [1.165, 1.54) is 6.08 Å². The molecule has 0 bridgehead atoms. The summed E-state index contributed by atoms with van der Waals surface area (Å²) in [5, 5.41) is 9.58. The number of hydrogen-bond donors (Lipinski definition) is 1. The summed E-state index contributed by atoms with van der Waals surface area (Å²) in [7, 11) is 2.14. The zero-order chi connectivity index (χ0) is 9.68. The molecule has 0 amide bonds. The van der Waals surface area contributed by atoms with Gasteiger partial charge in [-0.25, -0.2) is 4.39 Å². The van der Waals surface area contributed by atoms with Gasteiger partial charge in [0.15, 0.2) is 0 Å². The van der Waals surface area contributed by atoms with Crippen LogP contribution in [-0.4, -0.2) is 17.8 Å². The molecule has 4 heteroatoms. The zero-order valence-corrected chi connectivity index (χ0v) is 8.53. The van der Waals surface area contributed by atoms with Gasteiger partial charge in [-0.05, 0) is 18.1 Å². The smallest absolute Gasteiger partial charge is 0.100 e. The highest BCUT2D eigenvalue weighted by Gasteiger charge is 2.13. The van der Waals surface area contributed by atoms with Crippen LogP contribution in [0, 0.1) is 0 Å². The van der Waals surface area contributed by atoms with Crippen molar-refractivity contribution < 1.29 is 14.0 Å². The van der Waals surface area contributed by atoms with Gasteiger partial charge in [0.05, 0.1) is 12.7 Å². The fourth-order valence-electron chi connectivity index (χ4n) is 1.27. The van der Waals surface area contributed by atoms with E-state index in [0.29, 0.717) is 25.9 Å². The molecule has 1 aliphatic carbocycles. The SMILES string of the molecule is OC(CCOP)C1=CC=C(F)CC1. The molecule has 0 saturated heterocycles. The Morgan fingerprint density at radius 3 is 2.85 bits per heavy atom. The maximum absolute atomic E-state index is 12.6. The third-order valence-electron chi connectivity index (χ3n) is 2.07. The van der Waals surface area contributed by atoms with Gasteiger partial charge < -0.3 is 9.63 Å². The molecule has 2 unspecified atom stereocenters. The first kappa shape index (κ1) is 10.8. The fraction of sp³-hybridized carbons (Fsp3) is 0.556. The van der Waals surface area contributed by atoms with Gasteiger partial charge in [-0.3, -0.25) is 0 Å². The molecule has 74 valence electrons. The summed E-state index contributed by atoms with van der Waals surface area (Å²) in [5.41, 5.74) is 0.892. The lowest BCUT2D eigenvalue weighted by molar-refractivity contribution is 0.172. The lowest BCUT2D eigenvalue weighted by Gasteiger charge is -2.16. The molecule has 2 nitrogen and oxygen atoms in total. The molecule has 0 aromatic rings. The summed E-state index contributed by atoms with van der Waals surface area (Å²) in [6, 6.07) is 0. The Bertz CT molecular complexity index is 226. The summed E-state index contributed by atoms with van der Waals surface area (Å²) in [5.74, 6) is -0.113. The number of rotatable bonds is 4. The van der Waals surface area contributed by atoms with Crippen LogP contribution in [0.2, 0.25) is 0 Å². The molecule has 0 saturated carbocycles. The van der Waals surface area contributed by atoms with E-state index in [-0.39, 0.29) is 5.83 Å². The molecule has 0 spiro atoms. The summed E-state index contributed by atoms with van der Waals surface area (Å²) in [6.45, 7) is 0.495. The maximum atomic E-state index is 12.6. The lowest BCUT2D eigenvalue weighted by atomic mass is 9.98. The van der Waals surface area contributed by atoms with E-state index in [1.54, 1.807) is 6.08 Å². The molecule has 13 heavy (non-hydrogen) atoms. The summed E-state index contributed by atoms with van der Waals surface area (Å²) in [4.78, 5) is 0. The number of allylic oxidation sites excluding steroid dienone is 3. The van der Waals surface area contributed by atoms with Crippen molar-refractivity contribution >= 4 is 9.47 Å². The van der Waals surface area contributed by atoms with Gasteiger partial charge in [0.1, 0.15) is 5.83 Å². The second-order valence-electron chi connectivity index (χ2n) is 3.03. The van der Waals surface area contributed by atoms with Crippen molar-refractivity contribution in [2.24, 2.45) is 0 Å². The van der Waals surface area contributed by atoms with E-state index in [4.69, 9.17) is 4.52 Å². The van der Waals surface area contributed by atoms with Gasteiger partial charge in [-0.2, -0.15) is 0 Å². The number of hydrogen-bond acceptors (Lipinski definition) is 2. The average molecular weight is 204 g/mol. The molecular weight excluding hydrogens is 190 g/mol. The molecule has 1 aliphatic rings. The molecule has 2 atom stereocenters. The highest BCUT2D eigenvalue weighted by atomic mass is 31.0. The van der Waals surface area contributed by atoms with Gasteiger partial charge in [0.25, 0.3) is 0 Å². The summed E-state index contributed by atoms with van der Waals surface area (Å²) in [6.07, 6.45) is 4.16. The molecule has 1 rings (SSSR count). The van der Waals surface area contributed by atoms with E-state index in [2.05, 4.69) is 9.47 Å². The van der Waals surface area contributed by atoms with E-state index in [0.717, 1.165) is 5.57 Å². The van der Waals surface area contributed by atoms with Crippen LogP contribution in [0.25, 0.3) is 0 Å². The molecule has 0 aromatic heterocycles. The Kier molecular flexibility index (Phi) is 4.57. The molecule has 0 aromatic carbocycles. The van der Waals surface area contributed by atoms with Crippen molar-refractivity contribution in [1.82, 2.24) is 0 Å². The molecule has 0 fully saturated rings. The molecule has 0 radical (unpaired) electrons. The van der Waals surface area contributed by atoms with Crippen LogP contribution in [0.15, 0.2) is 23.6 Å². The summed E-state index contributed by atoms with van der Waals surface area (Å²) < 4.78 is 17.3. The fourth-order valence-corrected chi connectivity index (χ4v) is 1.41. The van der Waals surface area contributed by atoms with Gasteiger partial charge in [0.2, 0.25) is 0 Å². The van der Waals surface area contributed by atoms with Crippen LogP contribution in [0.1, 0.15) is 19.3 Å². The van der Waals surface area contributed by atoms with Crippen molar-refractivity contribution in [2.75, 3.05) is 6.61 Å². The van der Waals surface area contributed by atoms with Crippen molar-refractivity contribution in [2.45, 2.75) is 25.4 Å². The minimum absolute atomic E-state index is 0.113. The normalized spacial score (nSPS) is 19.3. The van der Waals surface area contributed by atoms with Crippen LogP contribution >= 0.6 is 9.47 Å². The maximum Gasteiger partial charge on any atom is 0.100 e. The van der Waals surface area contributed by atoms with E-state index >= 15 is 0 Å². The van der Waals surface area contributed by atoms with Crippen molar-refractivity contribution in [1.29, 1.82) is 0 Å². The number of halogens is 1. The van der Waals surface area contributed by atoms with E-state index in [1.807, 2.05) is 0 Å². The van der Waals surface area contributed by atoms with Crippen molar-refractivity contribution in [3.8, 4) is 0 Å². The first-order valence-electron chi connectivity index (χ1n) is 4.29. The van der Waals surface area contributed by atoms with Crippen LogP contribution in [-0.2, 0) is 4.52 Å². The average Bonchev–Trinajstić information content (AvgIpc) is 2.15. The van der Waals surface area contributed by atoms with E-state index < -0.39 is 6.10 Å². The third-order valence-corrected chi connectivity index (χ3v) is 2.30. The van der Waals surface area contributed by atoms with Crippen LogP contribution in [0.4, 0.5) is 4.39 Å². The molecule has 1 N–H and O–H groups in total. The Balaban J connectivity index is 2.43. The second kappa shape index (κ2) is 5.48. The number of aliphatic hydroxyl groups is 1. The topological polar surface area (TPSA) is 29.5 Å². The summed E-state index contributed by atoms with van der Waals surface area (Å²) >= 11 is 0. The first-order chi connectivity index (χ1) is 6.24. The largest absolute Gasteiger partial charge is 0.389 e. The van der Waals surface area contributed by atoms with Crippen LogP contribution in [0.5, 0.6) is 0 Å². The van der Waals surface area contributed by atoms with Gasteiger partial charge >= 0.3 is 0 Å². The minimum Gasteiger partial charge on any atom is -0.389 e. The lowest BCUT2D eigenvalue weighted by Crippen LogP contribution is -2.13. The van der Waals surface area contributed by atoms with Crippen LogP contribution in [0.3, 0.4) is 0 Å². The predicted molar refractivity (Wildman–Crippen MR) is 52.8 cm³/mol. The highest BCUT2D eigenvalue weighted by Crippen LogP contribution is 2.22. The Labute approximate surface area is 79.8 Å². The second-order valence-corrected chi connectivity index (χ2v) is 3.36. The molecule has 0 aliphatic heterocycles. The first-order valence-corrected chi connectivity index (χ1v) is 4.76. The third kappa shape index (κ3) is 3.55. The quantitative estimate of drug-likeness (QED) is 0.711. The Hall–Kier alpha value is -0.240. The minimum atomic E-state index is -0.495. The predicted octanol–water partition coefficient (Wildman–Crippen LogP) is 2.12. The van der Waals surface area contributed by atoms with E-state index in [9.17, 15) is 9.50 Å². The zero-order valence-electron chi connectivity index (χ0n) is 7.37. The highest BCUT2D eigenvalue weighted by molar-refractivity contribution is 7.09. The van der Waals surface area contributed by atoms with Gasteiger partial charge in [-0.15, -0.1) is 0 Å². The van der Waals surface area contributed by atoms with Gasteiger partial charge in [-0.1, -0.05) is 6.08 Å². The van der Waals surface area contributed by atoms with Gasteiger partial charge in [0, 0.05) is 22.3 Å². The Morgan fingerprint density at radius 2 is 2.31 bits per heavy atom.